The minimum absolute atomic E-state index is 0.143. The van der Waals surface area contributed by atoms with Gasteiger partial charge in [0.25, 0.3) is 0 Å². The van der Waals surface area contributed by atoms with Gasteiger partial charge < -0.3 is 25.4 Å². The Balaban J connectivity index is 1.83. The molecule has 1 saturated heterocycles. The first kappa shape index (κ1) is 23.8. The Bertz CT molecular complexity index is 693. The van der Waals surface area contributed by atoms with E-state index in [4.69, 9.17) is 15.2 Å². The third kappa shape index (κ3) is 7.43. The Morgan fingerprint density at radius 1 is 1.27 bits per heavy atom. The third-order valence-electron chi connectivity index (χ3n) is 5.24. The predicted octanol–water partition coefficient (Wildman–Crippen LogP) is 3.52. The molecule has 168 valence electrons. The summed E-state index contributed by atoms with van der Waals surface area (Å²) in [6.07, 6.45) is 1.42. The van der Waals surface area contributed by atoms with Crippen LogP contribution in [0, 0.1) is 5.92 Å². The molecule has 1 aliphatic heterocycles. The molecule has 1 amide bonds. The number of benzene rings is 1. The van der Waals surface area contributed by atoms with Crippen molar-refractivity contribution in [1.82, 2.24) is 10.2 Å². The molecule has 0 radical (unpaired) electrons. The van der Waals surface area contributed by atoms with Crippen LogP contribution in [0.15, 0.2) is 29.3 Å². The molecule has 1 aromatic rings. The quantitative estimate of drug-likeness (QED) is 0.498. The van der Waals surface area contributed by atoms with Gasteiger partial charge >= 0.3 is 6.09 Å². The maximum atomic E-state index is 11.8. The molecule has 1 heterocycles. The molecular formula is C23H38N4O3. The van der Waals surface area contributed by atoms with Gasteiger partial charge in [0.05, 0.1) is 19.8 Å². The molecule has 1 fully saturated rings. The smallest absolute Gasteiger partial charge is 0.409 e. The number of hydrogen-bond acceptors (Lipinski definition) is 4. The highest BCUT2D eigenvalue weighted by Crippen LogP contribution is 2.26. The number of nitrogens with two attached hydrogens (primary N) is 1. The number of carbonyl (C=O) groups is 1. The second kappa shape index (κ2) is 11.1. The zero-order valence-corrected chi connectivity index (χ0v) is 19.1. The number of nitrogens with zero attached hydrogens (tertiary/aromatic N) is 2. The summed E-state index contributed by atoms with van der Waals surface area (Å²) in [5.41, 5.74) is 7.19. The molecule has 30 heavy (non-hydrogen) atoms. The van der Waals surface area contributed by atoms with Crippen LogP contribution >= 0.6 is 0 Å². The van der Waals surface area contributed by atoms with Crippen molar-refractivity contribution < 1.29 is 14.3 Å². The van der Waals surface area contributed by atoms with Crippen LogP contribution in [0.25, 0.3) is 0 Å². The fraction of sp³-hybridized carbons (Fsp3) is 0.652. The second-order valence-electron chi connectivity index (χ2n) is 8.92. The second-order valence-corrected chi connectivity index (χ2v) is 8.92. The van der Waals surface area contributed by atoms with Crippen LogP contribution in [0.1, 0.15) is 53.0 Å². The highest BCUT2D eigenvalue weighted by Gasteiger charge is 2.24. The monoisotopic (exact) mass is 418 g/mol. The molecule has 0 aromatic heterocycles. The van der Waals surface area contributed by atoms with E-state index in [1.807, 2.05) is 19.1 Å². The van der Waals surface area contributed by atoms with Crippen LogP contribution in [-0.4, -0.2) is 55.8 Å². The van der Waals surface area contributed by atoms with Crippen LogP contribution in [0.4, 0.5) is 4.79 Å². The van der Waals surface area contributed by atoms with Gasteiger partial charge in [-0.3, -0.25) is 4.99 Å². The largest absolute Gasteiger partial charge is 0.493 e. The van der Waals surface area contributed by atoms with Crippen LogP contribution < -0.4 is 15.8 Å². The van der Waals surface area contributed by atoms with Crippen molar-refractivity contribution in [1.29, 1.82) is 0 Å². The highest BCUT2D eigenvalue weighted by molar-refractivity contribution is 5.78. The number of nitrogens with one attached hydrogen (secondary N) is 1. The maximum absolute atomic E-state index is 11.8. The van der Waals surface area contributed by atoms with Gasteiger partial charge in [-0.25, -0.2) is 4.79 Å². The van der Waals surface area contributed by atoms with Gasteiger partial charge in [0.1, 0.15) is 5.75 Å². The van der Waals surface area contributed by atoms with Crippen LogP contribution in [0.5, 0.6) is 5.75 Å². The lowest BCUT2D eigenvalue weighted by Gasteiger charge is -2.32. The van der Waals surface area contributed by atoms with Crippen LogP contribution in [-0.2, 0) is 10.2 Å². The van der Waals surface area contributed by atoms with Gasteiger partial charge in [0.15, 0.2) is 5.96 Å². The first-order chi connectivity index (χ1) is 14.2. The van der Waals surface area contributed by atoms with E-state index in [9.17, 15) is 4.79 Å². The van der Waals surface area contributed by atoms with E-state index in [2.05, 4.69) is 50.1 Å². The summed E-state index contributed by atoms with van der Waals surface area (Å²) in [5.74, 6) is 1.85. The Morgan fingerprint density at radius 2 is 1.90 bits per heavy atom. The van der Waals surface area contributed by atoms with Crippen molar-refractivity contribution in [2.75, 3.05) is 32.8 Å². The van der Waals surface area contributed by atoms with Crippen molar-refractivity contribution >= 4 is 12.1 Å². The fourth-order valence-corrected chi connectivity index (χ4v) is 3.32. The average molecular weight is 419 g/mol. The van der Waals surface area contributed by atoms with Gasteiger partial charge in [-0.1, -0.05) is 39.8 Å². The Hall–Kier alpha value is -2.44. The highest BCUT2D eigenvalue weighted by atomic mass is 16.6. The zero-order chi connectivity index (χ0) is 22.1. The summed E-state index contributed by atoms with van der Waals surface area (Å²) in [5, 5.41) is 3.30. The Morgan fingerprint density at radius 3 is 2.47 bits per heavy atom. The van der Waals surface area contributed by atoms with E-state index in [-0.39, 0.29) is 17.6 Å². The topological polar surface area (TPSA) is 89.2 Å². The van der Waals surface area contributed by atoms with Gasteiger partial charge in [-0.05, 0) is 43.4 Å². The molecule has 7 heteroatoms. The van der Waals surface area contributed by atoms with E-state index in [0.717, 1.165) is 18.6 Å². The molecule has 0 bridgehead atoms. The molecule has 0 atom stereocenters. The van der Waals surface area contributed by atoms with E-state index in [0.29, 0.717) is 44.7 Å². The van der Waals surface area contributed by atoms with E-state index in [1.54, 1.807) is 4.90 Å². The normalized spacial score (nSPS) is 15.9. The van der Waals surface area contributed by atoms with E-state index >= 15 is 0 Å². The fourth-order valence-electron chi connectivity index (χ4n) is 3.32. The Labute approximate surface area is 181 Å². The molecule has 0 unspecified atom stereocenters. The van der Waals surface area contributed by atoms with Gasteiger partial charge in [0.2, 0.25) is 0 Å². The number of carbonyl (C=O) groups excluding carboxylic acids is 1. The summed E-state index contributed by atoms with van der Waals surface area (Å²) < 4.78 is 10.8. The van der Waals surface area contributed by atoms with Crippen molar-refractivity contribution in [3.63, 3.8) is 0 Å². The average Bonchev–Trinajstić information content (AvgIpc) is 2.72. The lowest BCUT2D eigenvalue weighted by molar-refractivity contribution is 0.0963. The first-order valence-corrected chi connectivity index (χ1v) is 10.9. The number of likely N-dealkylation sites (tertiary alicyclic amines) is 1. The zero-order valence-electron chi connectivity index (χ0n) is 19.1. The molecule has 7 nitrogen and oxygen atoms in total. The lowest BCUT2D eigenvalue weighted by atomic mass is 9.85. The first-order valence-electron chi connectivity index (χ1n) is 10.9. The van der Waals surface area contributed by atoms with E-state index in [1.165, 1.54) is 5.56 Å². The molecule has 1 aromatic carbocycles. The standard InChI is InChI=1S/C23H38N4O3/c1-6-29-22(28)27-13-11-19(12-14-27)26-21(24)25-16-23(4,5)18-7-9-20(10-8-18)30-15-17(2)3/h7-10,17,19H,6,11-16H2,1-5H3,(H3,24,25,26). The van der Waals surface area contributed by atoms with Gasteiger partial charge in [0, 0.05) is 24.5 Å². The molecule has 2 rings (SSSR count). The number of ether oxygens (including phenoxy) is 2. The van der Waals surface area contributed by atoms with Crippen molar-refractivity contribution in [2.45, 2.75) is 58.9 Å². The number of rotatable bonds is 8. The number of amides is 1. The molecule has 0 spiro atoms. The predicted molar refractivity (Wildman–Crippen MR) is 121 cm³/mol. The summed E-state index contributed by atoms with van der Waals surface area (Å²) >= 11 is 0. The minimum atomic E-state index is -0.236. The SMILES string of the molecule is CCOC(=O)N1CCC(NC(N)=NCC(C)(C)c2ccc(OCC(C)C)cc2)CC1. The molecule has 1 aliphatic rings. The number of aliphatic imine (C=N–C) groups is 1. The van der Waals surface area contributed by atoms with Crippen LogP contribution in [0.2, 0.25) is 0 Å². The third-order valence-corrected chi connectivity index (χ3v) is 5.24. The number of piperidine rings is 1. The minimum Gasteiger partial charge on any atom is -0.493 e. The molecular weight excluding hydrogens is 380 g/mol. The van der Waals surface area contributed by atoms with E-state index < -0.39 is 0 Å². The summed E-state index contributed by atoms with van der Waals surface area (Å²) in [6, 6.07) is 8.45. The molecule has 0 aliphatic carbocycles. The maximum Gasteiger partial charge on any atom is 0.409 e. The summed E-state index contributed by atoms with van der Waals surface area (Å²) in [4.78, 5) is 18.1. The van der Waals surface area contributed by atoms with Gasteiger partial charge in [-0.2, -0.15) is 0 Å². The molecule has 0 saturated carbocycles. The summed E-state index contributed by atoms with van der Waals surface area (Å²) in [7, 11) is 0. The van der Waals surface area contributed by atoms with Crippen molar-refractivity contribution in [3.8, 4) is 5.75 Å². The van der Waals surface area contributed by atoms with Crippen LogP contribution in [0.3, 0.4) is 0 Å². The molecule has 3 N–H and O–H groups in total. The Kier molecular flexibility index (Phi) is 8.81. The number of hydrogen-bond donors (Lipinski definition) is 2. The van der Waals surface area contributed by atoms with Crippen molar-refractivity contribution in [2.24, 2.45) is 16.6 Å². The van der Waals surface area contributed by atoms with Crippen molar-refractivity contribution in [3.05, 3.63) is 29.8 Å². The lowest BCUT2D eigenvalue weighted by Crippen LogP contribution is -2.48. The number of guanidine groups is 1. The summed E-state index contributed by atoms with van der Waals surface area (Å²) in [6.45, 7) is 13.4. The van der Waals surface area contributed by atoms with Gasteiger partial charge in [-0.15, -0.1) is 0 Å².